The van der Waals surface area contributed by atoms with E-state index in [1.54, 1.807) is 0 Å². The van der Waals surface area contributed by atoms with Gasteiger partial charge in [-0.25, -0.2) is 0 Å². The third kappa shape index (κ3) is 4.55. The van der Waals surface area contributed by atoms with Crippen LogP contribution in [-0.4, -0.2) is 17.1 Å². The summed E-state index contributed by atoms with van der Waals surface area (Å²) in [6.07, 6.45) is 11.6. The Labute approximate surface area is 279 Å². The van der Waals surface area contributed by atoms with Crippen molar-refractivity contribution in [1.82, 2.24) is 4.57 Å². The van der Waals surface area contributed by atoms with E-state index in [0.717, 1.165) is 0 Å². The summed E-state index contributed by atoms with van der Waals surface area (Å²) < 4.78 is 2.42. The number of rotatable bonds is 5. The highest BCUT2D eigenvalue weighted by atomic mass is 32.3. The molecule has 47 heavy (non-hydrogen) atoms. The lowest BCUT2D eigenvalue weighted by Crippen LogP contribution is -2.11. The standard InChI is InChI=1S/C44H40N2S/c1-47(2)42-23-12-10-18-36(42)38-30-35(28-29-43(38)47)45(34-26-24-32(25-27-34)31-14-5-3-6-15-31)40-21-13-22-41-44(40)37-19-9-11-20-39(37)46(41)33-16-7-4-8-17-33/h4,7-13,16-31H,3,5-6,14-15H2,1-2H3. The lowest BCUT2D eigenvalue weighted by atomic mass is 9.84. The number of benzene rings is 6. The Hall–Kier alpha value is -4.73. The number of hydrogen-bond donors (Lipinski definition) is 0. The van der Waals surface area contributed by atoms with Crippen molar-refractivity contribution in [3.63, 3.8) is 0 Å². The minimum absolute atomic E-state index is 0.681. The normalized spacial score (nSPS) is 16.2. The first-order valence-electron chi connectivity index (χ1n) is 17.0. The molecule has 0 saturated heterocycles. The van der Waals surface area contributed by atoms with Gasteiger partial charge in [0.05, 0.1) is 16.7 Å². The van der Waals surface area contributed by atoms with E-state index < -0.39 is 10.0 Å². The van der Waals surface area contributed by atoms with E-state index in [1.807, 2.05) is 0 Å². The molecule has 232 valence electrons. The van der Waals surface area contributed by atoms with Crippen molar-refractivity contribution in [1.29, 1.82) is 0 Å². The van der Waals surface area contributed by atoms with Crippen LogP contribution in [0.3, 0.4) is 0 Å². The fourth-order valence-corrected chi connectivity index (χ4v) is 10.9. The maximum atomic E-state index is 2.51. The fraction of sp³-hybridized carbons (Fsp3) is 0.182. The van der Waals surface area contributed by atoms with Gasteiger partial charge in [-0.3, -0.25) is 0 Å². The van der Waals surface area contributed by atoms with Gasteiger partial charge in [0.25, 0.3) is 0 Å². The highest BCUT2D eigenvalue weighted by Gasteiger charge is 2.32. The Kier molecular flexibility index (Phi) is 6.79. The molecule has 0 atom stereocenters. The zero-order valence-corrected chi connectivity index (χ0v) is 28.0. The maximum absolute atomic E-state index is 2.51. The van der Waals surface area contributed by atoms with E-state index in [4.69, 9.17) is 0 Å². The number of nitrogens with zero attached hydrogens (tertiary/aromatic N) is 2. The molecule has 3 heteroatoms. The van der Waals surface area contributed by atoms with Crippen molar-refractivity contribution in [2.75, 3.05) is 17.4 Å². The molecule has 2 heterocycles. The van der Waals surface area contributed by atoms with Crippen LogP contribution >= 0.6 is 10.0 Å². The van der Waals surface area contributed by atoms with E-state index in [9.17, 15) is 0 Å². The quantitative estimate of drug-likeness (QED) is 0.184. The first kappa shape index (κ1) is 28.5. The zero-order chi connectivity index (χ0) is 31.5. The van der Waals surface area contributed by atoms with Crippen LogP contribution in [0.5, 0.6) is 0 Å². The molecule has 7 aromatic rings. The Bertz CT molecular complexity index is 2260. The zero-order valence-electron chi connectivity index (χ0n) is 27.2. The summed E-state index contributed by atoms with van der Waals surface area (Å²) in [6, 6.07) is 52.3. The van der Waals surface area contributed by atoms with Crippen LogP contribution in [0.4, 0.5) is 17.1 Å². The van der Waals surface area contributed by atoms with Gasteiger partial charge in [0.2, 0.25) is 0 Å². The number of fused-ring (bicyclic) bond motifs is 6. The Morgan fingerprint density at radius 3 is 2.09 bits per heavy atom. The lowest BCUT2D eigenvalue weighted by Gasteiger charge is -2.30. The number of anilines is 3. The fourth-order valence-electron chi connectivity index (χ4n) is 8.37. The van der Waals surface area contributed by atoms with Gasteiger partial charge in [-0.2, -0.15) is 10.0 Å². The molecule has 1 aliphatic carbocycles. The van der Waals surface area contributed by atoms with E-state index >= 15 is 0 Å². The molecular weight excluding hydrogens is 589 g/mol. The number of para-hydroxylation sites is 2. The minimum atomic E-state index is -1.07. The molecule has 1 fully saturated rings. The predicted molar refractivity (Wildman–Crippen MR) is 203 cm³/mol. The average Bonchev–Trinajstić information content (AvgIpc) is 3.59. The minimum Gasteiger partial charge on any atom is -0.310 e. The van der Waals surface area contributed by atoms with Crippen molar-refractivity contribution in [3.8, 4) is 16.8 Å². The molecule has 9 rings (SSSR count). The van der Waals surface area contributed by atoms with Crippen LogP contribution < -0.4 is 4.90 Å². The second-order valence-corrected chi connectivity index (χ2v) is 17.2. The summed E-state index contributed by atoms with van der Waals surface area (Å²) >= 11 is 0. The molecule has 1 aromatic heterocycles. The van der Waals surface area contributed by atoms with Crippen molar-refractivity contribution < 1.29 is 0 Å². The monoisotopic (exact) mass is 628 g/mol. The van der Waals surface area contributed by atoms with Gasteiger partial charge in [0.15, 0.2) is 0 Å². The molecular formula is C44H40N2S. The molecule has 0 N–H and O–H groups in total. The van der Waals surface area contributed by atoms with Crippen molar-refractivity contribution in [2.24, 2.45) is 0 Å². The second-order valence-electron chi connectivity index (χ2n) is 13.6. The Morgan fingerprint density at radius 2 is 1.26 bits per heavy atom. The van der Waals surface area contributed by atoms with E-state index in [2.05, 4.69) is 162 Å². The molecule has 0 unspecified atom stereocenters. The van der Waals surface area contributed by atoms with Gasteiger partial charge in [-0.15, -0.1) is 0 Å². The van der Waals surface area contributed by atoms with Crippen molar-refractivity contribution >= 4 is 48.9 Å². The van der Waals surface area contributed by atoms with Crippen LogP contribution in [-0.2, 0) is 0 Å². The smallest absolute Gasteiger partial charge is 0.0562 e. The van der Waals surface area contributed by atoms with Crippen LogP contribution in [0, 0.1) is 0 Å². The largest absolute Gasteiger partial charge is 0.310 e. The van der Waals surface area contributed by atoms with Gasteiger partial charge < -0.3 is 9.47 Å². The lowest BCUT2D eigenvalue weighted by molar-refractivity contribution is 0.443. The van der Waals surface area contributed by atoms with Gasteiger partial charge in [-0.05, 0) is 115 Å². The SMILES string of the molecule is CS1(C)c2ccccc2-c2cc(N(c3ccc(C4CCCCC4)cc3)c3cccc4c3c3ccccc3n4-c3ccccc3)ccc21. The van der Waals surface area contributed by atoms with E-state index in [0.29, 0.717) is 5.92 Å². The maximum Gasteiger partial charge on any atom is 0.0562 e. The third-order valence-electron chi connectivity index (χ3n) is 10.7. The average molecular weight is 629 g/mol. The highest BCUT2D eigenvalue weighted by molar-refractivity contribution is 8.33. The Balaban J connectivity index is 1.29. The molecule has 0 bridgehead atoms. The first-order valence-corrected chi connectivity index (χ1v) is 19.5. The predicted octanol–water partition coefficient (Wildman–Crippen LogP) is 12.8. The summed E-state index contributed by atoms with van der Waals surface area (Å²) in [5.41, 5.74) is 11.5. The summed E-state index contributed by atoms with van der Waals surface area (Å²) in [6.45, 7) is 0. The first-order chi connectivity index (χ1) is 23.1. The van der Waals surface area contributed by atoms with Gasteiger partial charge in [-0.1, -0.05) is 92.1 Å². The third-order valence-corrected chi connectivity index (χ3v) is 13.6. The van der Waals surface area contributed by atoms with Crippen molar-refractivity contribution in [3.05, 3.63) is 145 Å². The van der Waals surface area contributed by atoms with Gasteiger partial charge in [0.1, 0.15) is 0 Å². The number of aromatic nitrogens is 1. The number of hydrogen-bond acceptors (Lipinski definition) is 1. The summed E-state index contributed by atoms with van der Waals surface area (Å²) in [5.74, 6) is 0.681. The molecule has 1 saturated carbocycles. The van der Waals surface area contributed by atoms with Crippen molar-refractivity contribution in [2.45, 2.75) is 47.8 Å². The Morgan fingerprint density at radius 1 is 0.574 bits per heavy atom. The summed E-state index contributed by atoms with van der Waals surface area (Å²) in [4.78, 5) is 5.48. The van der Waals surface area contributed by atoms with Crippen LogP contribution in [0.1, 0.15) is 43.6 Å². The van der Waals surface area contributed by atoms with Crippen LogP contribution in [0.25, 0.3) is 38.6 Å². The molecule has 0 amide bonds. The van der Waals surface area contributed by atoms with Gasteiger partial charge in [0, 0.05) is 37.6 Å². The molecule has 0 spiro atoms. The summed E-state index contributed by atoms with van der Waals surface area (Å²) in [7, 11) is -1.07. The van der Waals surface area contributed by atoms with Gasteiger partial charge >= 0.3 is 0 Å². The summed E-state index contributed by atoms with van der Waals surface area (Å²) in [5, 5.41) is 2.54. The second kappa shape index (κ2) is 11.2. The van der Waals surface area contributed by atoms with Crippen LogP contribution in [0.15, 0.2) is 149 Å². The topological polar surface area (TPSA) is 8.17 Å². The van der Waals surface area contributed by atoms with E-state index in [-0.39, 0.29) is 0 Å². The molecule has 6 aromatic carbocycles. The molecule has 2 aliphatic rings. The molecule has 1 aliphatic heterocycles. The van der Waals surface area contributed by atoms with Crippen LogP contribution in [0.2, 0.25) is 0 Å². The highest BCUT2D eigenvalue weighted by Crippen LogP contribution is 2.67. The molecule has 2 nitrogen and oxygen atoms in total. The molecule has 0 radical (unpaired) electrons. The van der Waals surface area contributed by atoms with E-state index in [1.165, 1.54) is 103 Å².